The van der Waals surface area contributed by atoms with Crippen LogP contribution in [0.5, 0.6) is 0 Å². The molecule has 0 fully saturated rings. The van der Waals surface area contributed by atoms with E-state index in [1.165, 1.54) is 0 Å². The summed E-state index contributed by atoms with van der Waals surface area (Å²) in [5, 5.41) is 0. The zero-order valence-corrected chi connectivity index (χ0v) is 10.1. The van der Waals surface area contributed by atoms with Crippen molar-refractivity contribution in [3.8, 4) is 0 Å². The molecule has 0 bridgehead atoms. The first-order chi connectivity index (χ1) is 7.79. The highest BCUT2D eigenvalue weighted by atomic mass is 16.5. The second-order valence-corrected chi connectivity index (χ2v) is 4.30. The maximum absolute atomic E-state index is 6.11. The number of aliphatic imine (C=N–C) groups is 1. The van der Waals surface area contributed by atoms with E-state index in [4.69, 9.17) is 4.74 Å². The molecule has 86 valence electrons. The third-order valence-corrected chi connectivity index (χ3v) is 3.45. The number of hydrogen-bond acceptors (Lipinski definition) is 2. The lowest BCUT2D eigenvalue weighted by Gasteiger charge is -2.35. The van der Waals surface area contributed by atoms with E-state index in [-0.39, 0.29) is 5.60 Å². The van der Waals surface area contributed by atoms with Crippen LogP contribution in [0.25, 0.3) is 0 Å². The Hall–Kier alpha value is -1.31. The number of benzene rings is 1. The number of ether oxygens (including phenoxy) is 1. The van der Waals surface area contributed by atoms with Gasteiger partial charge in [0.2, 0.25) is 5.90 Å². The van der Waals surface area contributed by atoms with Crippen molar-refractivity contribution in [1.82, 2.24) is 0 Å². The molecule has 0 atom stereocenters. The molecule has 2 rings (SSSR count). The quantitative estimate of drug-likeness (QED) is 0.760. The highest BCUT2D eigenvalue weighted by Crippen LogP contribution is 2.29. The number of nitrogens with zero attached hydrogens (tertiary/aromatic N) is 1. The topological polar surface area (TPSA) is 21.6 Å². The Morgan fingerprint density at radius 2 is 1.88 bits per heavy atom. The minimum absolute atomic E-state index is 0.00687. The van der Waals surface area contributed by atoms with Crippen LogP contribution in [-0.4, -0.2) is 18.0 Å². The molecule has 0 N–H and O–H groups in total. The van der Waals surface area contributed by atoms with Gasteiger partial charge in [-0.05, 0) is 25.0 Å². The summed E-state index contributed by atoms with van der Waals surface area (Å²) in [4.78, 5) is 4.49. The summed E-state index contributed by atoms with van der Waals surface area (Å²) in [6, 6.07) is 10.2. The third-order valence-electron chi connectivity index (χ3n) is 3.45. The Bertz CT molecular complexity index is 366. The van der Waals surface area contributed by atoms with Crippen molar-refractivity contribution in [3.63, 3.8) is 0 Å². The van der Waals surface area contributed by atoms with Gasteiger partial charge in [-0.25, -0.2) is 0 Å². The van der Waals surface area contributed by atoms with Crippen molar-refractivity contribution >= 4 is 5.90 Å². The lowest BCUT2D eigenvalue weighted by molar-refractivity contribution is 0.0312. The number of hydrogen-bond donors (Lipinski definition) is 0. The normalized spacial score (nSPS) is 18.8. The molecular formula is C14H19NO. The first-order valence-electron chi connectivity index (χ1n) is 6.08. The molecule has 0 saturated carbocycles. The van der Waals surface area contributed by atoms with Gasteiger partial charge >= 0.3 is 0 Å². The molecule has 0 saturated heterocycles. The molecule has 1 aromatic carbocycles. The minimum Gasteiger partial charge on any atom is -0.471 e. The average molecular weight is 217 g/mol. The minimum atomic E-state index is 0.00687. The molecule has 16 heavy (non-hydrogen) atoms. The largest absolute Gasteiger partial charge is 0.471 e. The van der Waals surface area contributed by atoms with Gasteiger partial charge in [-0.15, -0.1) is 0 Å². The third kappa shape index (κ3) is 2.11. The van der Waals surface area contributed by atoms with Gasteiger partial charge in [-0.2, -0.15) is 0 Å². The second-order valence-electron chi connectivity index (χ2n) is 4.30. The summed E-state index contributed by atoms with van der Waals surface area (Å²) in [6.07, 6.45) is 3.14. The molecule has 1 aliphatic rings. The van der Waals surface area contributed by atoms with E-state index < -0.39 is 0 Å². The fraction of sp³-hybridized carbons (Fsp3) is 0.500. The Morgan fingerprint density at radius 1 is 1.19 bits per heavy atom. The molecule has 1 aromatic rings. The van der Waals surface area contributed by atoms with Crippen LogP contribution in [0.1, 0.15) is 38.7 Å². The maximum Gasteiger partial charge on any atom is 0.216 e. The summed E-state index contributed by atoms with van der Waals surface area (Å²) < 4.78 is 6.11. The maximum atomic E-state index is 6.11. The summed E-state index contributed by atoms with van der Waals surface area (Å²) in [5.41, 5.74) is 1.10. The van der Waals surface area contributed by atoms with E-state index in [1.807, 2.05) is 18.2 Å². The van der Waals surface area contributed by atoms with Crippen molar-refractivity contribution in [2.24, 2.45) is 4.99 Å². The molecule has 2 heteroatoms. The van der Waals surface area contributed by atoms with Crippen molar-refractivity contribution in [1.29, 1.82) is 0 Å². The Morgan fingerprint density at radius 3 is 2.50 bits per heavy atom. The van der Waals surface area contributed by atoms with Crippen LogP contribution >= 0.6 is 0 Å². The zero-order chi connectivity index (χ0) is 11.4. The molecule has 0 aliphatic carbocycles. The summed E-state index contributed by atoms with van der Waals surface area (Å²) in [7, 11) is 0. The van der Waals surface area contributed by atoms with E-state index in [2.05, 4.69) is 31.0 Å². The van der Waals surface area contributed by atoms with Gasteiger partial charge in [0.1, 0.15) is 5.60 Å². The predicted octanol–water partition coefficient (Wildman–Crippen LogP) is 3.41. The van der Waals surface area contributed by atoms with Gasteiger partial charge in [0.25, 0.3) is 0 Å². The van der Waals surface area contributed by atoms with Gasteiger partial charge in [0.05, 0.1) is 0 Å². The van der Waals surface area contributed by atoms with Crippen molar-refractivity contribution < 1.29 is 4.74 Å². The molecule has 1 aliphatic heterocycles. The average Bonchev–Trinajstić information content (AvgIpc) is 2.40. The fourth-order valence-corrected chi connectivity index (χ4v) is 2.13. The van der Waals surface area contributed by atoms with Crippen LogP contribution in [0.3, 0.4) is 0 Å². The first kappa shape index (κ1) is 11.2. The lowest BCUT2D eigenvalue weighted by Crippen LogP contribution is -2.38. The molecular weight excluding hydrogens is 198 g/mol. The monoisotopic (exact) mass is 217 g/mol. The van der Waals surface area contributed by atoms with Crippen LogP contribution in [0.4, 0.5) is 0 Å². The SMILES string of the molecule is CCC1(CC)CCN=C(c2ccccc2)O1. The molecule has 2 nitrogen and oxygen atoms in total. The van der Waals surface area contributed by atoms with Gasteiger partial charge in [0, 0.05) is 18.5 Å². The molecule has 0 radical (unpaired) electrons. The van der Waals surface area contributed by atoms with Gasteiger partial charge in [0.15, 0.2) is 0 Å². The Balaban J connectivity index is 2.22. The molecule has 1 heterocycles. The van der Waals surface area contributed by atoms with E-state index in [0.717, 1.165) is 37.3 Å². The zero-order valence-electron chi connectivity index (χ0n) is 10.1. The van der Waals surface area contributed by atoms with Gasteiger partial charge in [-0.1, -0.05) is 32.0 Å². The first-order valence-corrected chi connectivity index (χ1v) is 6.08. The van der Waals surface area contributed by atoms with E-state index in [9.17, 15) is 0 Å². The lowest BCUT2D eigenvalue weighted by atomic mass is 9.92. The highest BCUT2D eigenvalue weighted by molar-refractivity contribution is 5.94. The summed E-state index contributed by atoms with van der Waals surface area (Å²) >= 11 is 0. The standard InChI is InChI=1S/C14H19NO/c1-3-14(4-2)10-11-15-13(16-14)12-8-6-5-7-9-12/h5-9H,3-4,10-11H2,1-2H3. The van der Waals surface area contributed by atoms with Gasteiger partial charge in [-0.3, -0.25) is 4.99 Å². The Kier molecular flexibility index (Phi) is 3.28. The van der Waals surface area contributed by atoms with Crippen LogP contribution in [0.2, 0.25) is 0 Å². The second kappa shape index (κ2) is 4.69. The predicted molar refractivity (Wildman–Crippen MR) is 66.9 cm³/mol. The molecule has 0 unspecified atom stereocenters. The van der Waals surface area contributed by atoms with E-state index in [1.54, 1.807) is 0 Å². The fourth-order valence-electron chi connectivity index (χ4n) is 2.13. The molecule has 0 amide bonds. The van der Waals surface area contributed by atoms with E-state index in [0.29, 0.717) is 0 Å². The number of rotatable bonds is 3. The van der Waals surface area contributed by atoms with Crippen LogP contribution in [0, 0.1) is 0 Å². The summed E-state index contributed by atoms with van der Waals surface area (Å²) in [5.74, 6) is 0.815. The molecule has 0 aromatic heterocycles. The van der Waals surface area contributed by atoms with Crippen molar-refractivity contribution in [2.45, 2.75) is 38.7 Å². The molecule has 0 spiro atoms. The Labute approximate surface area is 97.4 Å². The van der Waals surface area contributed by atoms with Gasteiger partial charge < -0.3 is 4.74 Å². The van der Waals surface area contributed by atoms with E-state index >= 15 is 0 Å². The highest BCUT2D eigenvalue weighted by Gasteiger charge is 2.32. The van der Waals surface area contributed by atoms with Crippen LogP contribution in [-0.2, 0) is 4.74 Å². The van der Waals surface area contributed by atoms with Crippen molar-refractivity contribution in [3.05, 3.63) is 35.9 Å². The van der Waals surface area contributed by atoms with Crippen LogP contribution in [0.15, 0.2) is 35.3 Å². The van der Waals surface area contributed by atoms with Crippen LogP contribution < -0.4 is 0 Å². The van der Waals surface area contributed by atoms with Crippen molar-refractivity contribution in [2.75, 3.05) is 6.54 Å². The smallest absolute Gasteiger partial charge is 0.216 e. The summed E-state index contributed by atoms with van der Waals surface area (Å²) in [6.45, 7) is 5.26.